The van der Waals surface area contributed by atoms with Gasteiger partial charge in [-0.25, -0.2) is 0 Å². The predicted octanol–water partition coefficient (Wildman–Crippen LogP) is 2.09. The van der Waals surface area contributed by atoms with Crippen LogP contribution in [0.1, 0.15) is 12.1 Å². The molecule has 0 aliphatic heterocycles. The molecule has 0 atom stereocenters. The second-order valence-electron chi connectivity index (χ2n) is 3.42. The van der Waals surface area contributed by atoms with Crippen LogP contribution in [-0.4, -0.2) is 5.16 Å². The number of hydrogen-bond donors (Lipinski definition) is 0. The van der Waals surface area contributed by atoms with E-state index in [0.29, 0.717) is 22.7 Å². The lowest BCUT2D eigenvalue weighted by Crippen LogP contribution is -2.25. The molecular weight excluding hydrogens is 204 g/mol. The van der Waals surface area contributed by atoms with Gasteiger partial charge in [0.05, 0.1) is 0 Å². The van der Waals surface area contributed by atoms with E-state index >= 15 is 0 Å². The Morgan fingerprint density at radius 1 is 1.38 bits per heavy atom. The molecule has 1 aromatic heterocycles. The fourth-order valence-corrected chi connectivity index (χ4v) is 1.55. The SMILES string of the molecule is C=CCCc1no[n+]([O-])c1-c1ccccc1. The number of rotatable bonds is 4. The summed E-state index contributed by atoms with van der Waals surface area (Å²) in [6.07, 6.45) is 3.22. The highest BCUT2D eigenvalue weighted by atomic mass is 16.8. The van der Waals surface area contributed by atoms with Crippen molar-refractivity contribution < 1.29 is 9.53 Å². The molecule has 1 aromatic carbocycles. The zero-order valence-electron chi connectivity index (χ0n) is 8.80. The van der Waals surface area contributed by atoms with E-state index in [4.69, 9.17) is 0 Å². The van der Waals surface area contributed by atoms with Crippen molar-refractivity contribution in [3.05, 3.63) is 53.9 Å². The van der Waals surface area contributed by atoms with E-state index in [1.54, 1.807) is 6.08 Å². The fraction of sp³-hybridized carbons (Fsp3) is 0.167. The van der Waals surface area contributed by atoms with Crippen LogP contribution in [0, 0.1) is 5.21 Å². The van der Waals surface area contributed by atoms with E-state index in [-0.39, 0.29) is 0 Å². The Bertz CT molecular complexity index is 477. The summed E-state index contributed by atoms with van der Waals surface area (Å²) in [7, 11) is 0. The second kappa shape index (κ2) is 4.61. The molecule has 0 saturated carbocycles. The number of benzene rings is 1. The summed E-state index contributed by atoms with van der Waals surface area (Å²) in [6.45, 7) is 3.64. The van der Waals surface area contributed by atoms with Crippen molar-refractivity contribution in [2.75, 3.05) is 0 Å². The minimum atomic E-state index is 0.452. The molecule has 0 radical (unpaired) electrons. The first-order valence-electron chi connectivity index (χ1n) is 5.08. The number of nitrogens with zero attached hydrogens (tertiary/aromatic N) is 2. The van der Waals surface area contributed by atoms with Crippen LogP contribution in [0.4, 0.5) is 0 Å². The molecule has 0 aliphatic carbocycles. The first-order valence-corrected chi connectivity index (χ1v) is 5.08. The maximum atomic E-state index is 11.5. The van der Waals surface area contributed by atoms with Crippen LogP contribution in [0.15, 0.2) is 47.6 Å². The van der Waals surface area contributed by atoms with Crippen molar-refractivity contribution in [2.24, 2.45) is 0 Å². The summed E-state index contributed by atoms with van der Waals surface area (Å²) in [5, 5.41) is 15.2. The highest BCUT2D eigenvalue weighted by Gasteiger charge is 2.19. The molecule has 0 N–H and O–H groups in total. The maximum absolute atomic E-state index is 11.5. The van der Waals surface area contributed by atoms with Crippen LogP contribution >= 0.6 is 0 Å². The first-order chi connectivity index (χ1) is 7.83. The van der Waals surface area contributed by atoms with Gasteiger partial charge in [-0.3, -0.25) is 4.63 Å². The van der Waals surface area contributed by atoms with Crippen LogP contribution in [0.5, 0.6) is 0 Å². The quantitative estimate of drug-likeness (QED) is 0.581. The van der Waals surface area contributed by atoms with Crippen molar-refractivity contribution >= 4 is 0 Å². The Labute approximate surface area is 93.4 Å². The molecule has 0 aliphatic rings. The summed E-state index contributed by atoms with van der Waals surface area (Å²) in [6, 6.07) is 9.37. The van der Waals surface area contributed by atoms with Crippen molar-refractivity contribution in [1.29, 1.82) is 0 Å². The zero-order valence-corrected chi connectivity index (χ0v) is 8.80. The van der Waals surface area contributed by atoms with Gasteiger partial charge in [0.25, 0.3) is 0 Å². The van der Waals surface area contributed by atoms with Gasteiger partial charge < -0.3 is 5.21 Å². The Morgan fingerprint density at radius 2 is 2.12 bits per heavy atom. The van der Waals surface area contributed by atoms with E-state index in [0.717, 1.165) is 12.0 Å². The summed E-state index contributed by atoms with van der Waals surface area (Å²) in [4.78, 5) is 0.452. The third kappa shape index (κ3) is 1.95. The number of aromatic nitrogens is 2. The minimum Gasteiger partial charge on any atom is -0.359 e. The molecule has 0 amide bonds. The van der Waals surface area contributed by atoms with E-state index in [9.17, 15) is 5.21 Å². The summed E-state index contributed by atoms with van der Waals surface area (Å²) < 4.78 is 4.62. The summed E-state index contributed by atoms with van der Waals surface area (Å²) in [5.41, 5.74) is 1.97. The highest BCUT2D eigenvalue weighted by molar-refractivity contribution is 5.58. The molecule has 16 heavy (non-hydrogen) atoms. The van der Waals surface area contributed by atoms with Gasteiger partial charge >= 0.3 is 0 Å². The average molecular weight is 216 g/mol. The van der Waals surface area contributed by atoms with Crippen LogP contribution in [-0.2, 0) is 6.42 Å². The van der Waals surface area contributed by atoms with Crippen molar-refractivity contribution in [2.45, 2.75) is 12.8 Å². The van der Waals surface area contributed by atoms with Gasteiger partial charge in [0.1, 0.15) is 0 Å². The number of allylic oxidation sites excluding steroid dienone is 1. The third-order valence-electron chi connectivity index (χ3n) is 2.31. The topological polar surface area (TPSA) is 53.0 Å². The number of aryl methyl sites for hydroxylation is 1. The van der Waals surface area contributed by atoms with Crippen molar-refractivity contribution in [1.82, 2.24) is 5.16 Å². The van der Waals surface area contributed by atoms with Gasteiger partial charge in [-0.1, -0.05) is 36.4 Å². The molecular formula is C12H12N2O2. The van der Waals surface area contributed by atoms with Crippen LogP contribution < -0.4 is 4.90 Å². The van der Waals surface area contributed by atoms with E-state index in [2.05, 4.69) is 16.4 Å². The molecule has 82 valence electrons. The van der Waals surface area contributed by atoms with Gasteiger partial charge in [0.15, 0.2) is 0 Å². The van der Waals surface area contributed by atoms with Crippen LogP contribution in [0.3, 0.4) is 0 Å². The molecule has 4 heteroatoms. The molecule has 0 spiro atoms. The van der Waals surface area contributed by atoms with Gasteiger partial charge in [-0.05, 0) is 11.3 Å². The molecule has 1 heterocycles. The zero-order chi connectivity index (χ0) is 11.4. The standard InChI is InChI=1S/C12H12N2O2/c1-2-3-9-11-12(14(15)16-13-11)10-7-5-4-6-8-10/h2,4-8H,1,3,9H2. The third-order valence-corrected chi connectivity index (χ3v) is 2.31. The molecule has 0 unspecified atom stereocenters. The molecule has 0 fully saturated rings. The monoisotopic (exact) mass is 216 g/mol. The lowest BCUT2D eigenvalue weighted by atomic mass is 10.1. The van der Waals surface area contributed by atoms with Gasteiger partial charge in [0, 0.05) is 17.1 Å². The van der Waals surface area contributed by atoms with Gasteiger partial charge in [0.2, 0.25) is 11.4 Å². The van der Waals surface area contributed by atoms with Gasteiger partial charge in [-0.2, -0.15) is 0 Å². The van der Waals surface area contributed by atoms with E-state index in [1.165, 1.54) is 0 Å². The Kier molecular flexibility index (Phi) is 3.00. The summed E-state index contributed by atoms with van der Waals surface area (Å²) >= 11 is 0. The maximum Gasteiger partial charge on any atom is 0.228 e. The molecule has 4 nitrogen and oxygen atoms in total. The fourth-order valence-electron chi connectivity index (χ4n) is 1.55. The van der Waals surface area contributed by atoms with E-state index < -0.39 is 0 Å². The molecule has 2 aromatic rings. The largest absolute Gasteiger partial charge is 0.359 e. The smallest absolute Gasteiger partial charge is 0.228 e. The lowest BCUT2D eigenvalue weighted by molar-refractivity contribution is -0.793. The van der Waals surface area contributed by atoms with Crippen molar-refractivity contribution in [3.8, 4) is 11.3 Å². The summed E-state index contributed by atoms with van der Waals surface area (Å²) in [5.74, 6) is 0. The minimum absolute atomic E-state index is 0.452. The Balaban J connectivity index is 2.39. The molecule has 0 saturated heterocycles. The number of hydrogen-bond acceptors (Lipinski definition) is 3. The normalized spacial score (nSPS) is 10.2. The lowest BCUT2D eigenvalue weighted by Gasteiger charge is -1.97. The second-order valence-corrected chi connectivity index (χ2v) is 3.42. The van der Waals surface area contributed by atoms with Crippen molar-refractivity contribution in [3.63, 3.8) is 0 Å². The predicted molar refractivity (Wildman–Crippen MR) is 59.4 cm³/mol. The van der Waals surface area contributed by atoms with Gasteiger partial charge in [-0.15, -0.1) is 6.58 Å². The van der Waals surface area contributed by atoms with Crippen LogP contribution in [0.25, 0.3) is 11.3 Å². The highest BCUT2D eigenvalue weighted by Crippen LogP contribution is 2.19. The average Bonchev–Trinajstić information content (AvgIpc) is 2.69. The van der Waals surface area contributed by atoms with Crippen LogP contribution in [0.2, 0.25) is 0 Å². The molecule has 0 bridgehead atoms. The van der Waals surface area contributed by atoms with E-state index in [1.807, 2.05) is 30.3 Å². The first kappa shape index (κ1) is 10.4. The Hall–Kier alpha value is -2.10. The Morgan fingerprint density at radius 3 is 2.81 bits per heavy atom. The molecule has 2 rings (SSSR count).